The van der Waals surface area contributed by atoms with Crippen LogP contribution in [-0.2, 0) is 6.54 Å². The molecule has 1 aliphatic rings. The Balaban J connectivity index is 1.58. The monoisotopic (exact) mass is 307 g/mol. The van der Waals surface area contributed by atoms with Crippen LogP contribution in [-0.4, -0.2) is 36.1 Å². The second-order valence-electron chi connectivity index (χ2n) is 5.07. The zero-order valence-electron chi connectivity index (χ0n) is 11.6. The van der Waals surface area contributed by atoms with Gasteiger partial charge in [-0.15, -0.1) is 11.3 Å². The topological polar surface area (TPSA) is 19.4 Å². The van der Waals surface area contributed by atoms with Gasteiger partial charge in [-0.3, -0.25) is 4.90 Å². The molecule has 0 spiro atoms. The Morgan fingerprint density at radius 1 is 1.20 bits per heavy atom. The molecule has 0 amide bonds. The molecule has 0 N–H and O–H groups in total. The summed E-state index contributed by atoms with van der Waals surface area (Å²) in [7, 11) is 0. The summed E-state index contributed by atoms with van der Waals surface area (Å²) < 4.78 is 0. The van der Waals surface area contributed by atoms with Crippen molar-refractivity contribution in [2.45, 2.75) is 13.5 Å². The summed E-state index contributed by atoms with van der Waals surface area (Å²) in [6.45, 7) is 7.17. The van der Waals surface area contributed by atoms with Crippen LogP contribution in [0.5, 0.6) is 0 Å². The first kappa shape index (κ1) is 13.9. The number of thiazole rings is 1. The molecule has 0 unspecified atom stereocenters. The third-order valence-corrected chi connectivity index (χ3v) is 4.76. The fourth-order valence-electron chi connectivity index (χ4n) is 2.57. The van der Waals surface area contributed by atoms with Crippen LogP contribution in [0.2, 0.25) is 5.02 Å². The van der Waals surface area contributed by atoms with E-state index in [9.17, 15) is 0 Å². The Hall–Kier alpha value is -1.10. The number of piperazine rings is 1. The van der Waals surface area contributed by atoms with Crippen LogP contribution in [0.15, 0.2) is 29.6 Å². The summed E-state index contributed by atoms with van der Waals surface area (Å²) in [4.78, 5) is 9.36. The van der Waals surface area contributed by atoms with Crippen LogP contribution < -0.4 is 4.90 Å². The first-order chi connectivity index (χ1) is 9.72. The number of rotatable bonds is 3. The minimum absolute atomic E-state index is 0.844. The minimum Gasteiger partial charge on any atom is -0.368 e. The minimum atomic E-state index is 0.844. The molecule has 0 atom stereocenters. The van der Waals surface area contributed by atoms with Gasteiger partial charge in [0.15, 0.2) is 0 Å². The SMILES string of the molecule is Cc1nc(CN2CCN(c3ccccc3Cl)CC2)cs1. The maximum absolute atomic E-state index is 6.26. The van der Waals surface area contributed by atoms with E-state index < -0.39 is 0 Å². The summed E-state index contributed by atoms with van der Waals surface area (Å²) in [5.41, 5.74) is 2.34. The Kier molecular flexibility index (Phi) is 4.24. The summed E-state index contributed by atoms with van der Waals surface area (Å²) >= 11 is 7.99. The van der Waals surface area contributed by atoms with Crippen molar-refractivity contribution in [3.8, 4) is 0 Å². The number of benzene rings is 1. The number of hydrogen-bond acceptors (Lipinski definition) is 4. The van der Waals surface area contributed by atoms with Crippen LogP contribution in [0, 0.1) is 6.92 Å². The molecular weight excluding hydrogens is 290 g/mol. The fourth-order valence-corrected chi connectivity index (χ4v) is 3.42. The highest BCUT2D eigenvalue weighted by atomic mass is 35.5. The van der Waals surface area contributed by atoms with Crippen LogP contribution in [0.1, 0.15) is 10.7 Å². The number of hydrogen-bond donors (Lipinski definition) is 0. The molecule has 0 saturated carbocycles. The Morgan fingerprint density at radius 3 is 2.60 bits per heavy atom. The zero-order valence-corrected chi connectivity index (χ0v) is 13.1. The zero-order chi connectivity index (χ0) is 13.9. The lowest BCUT2D eigenvalue weighted by Crippen LogP contribution is -2.46. The second-order valence-corrected chi connectivity index (χ2v) is 6.54. The molecule has 0 aliphatic carbocycles. The molecule has 20 heavy (non-hydrogen) atoms. The smallest absolute Gasteiger partial charge is 0.0897 e. The van der Waals surface area contributed by atoms with Crippen molar-refractivity contribution in [2.75, 3.05) is 31.1 Å². The summed E-state index contributed by atoms with van der Waals surface area (Å²) in [5, 5.41) is 4.15. The molecule has 1 fully saturated rings. The second kappa shape index (κ2) is 6.12. The van der Waals surface area contributed by atoms with E-state index >= 15 is 0 Å². The Morgan fingerprint density at radius 2 is 1.95 bits per heavy atom. The quantitative estimate of drug-likeness (QED) is 0.866. The van der Waals surface area contributed by atoms with Crippen molar-refractivity contribution < 1.29 is 0 Å². The van der Waals surface area contributed by atoms with Crippen LogP contribution >= 0.6 is 22.9 Å². The highest BCUT2D eigenvalue weighted by molar-refractivity contribution is 7.09. The molecule has 3 nitrogen and oxygen atoms in total. The van der Waals surface area contributed by atoms with Gasteiger partial charge in [0.1, 0.15) is 0 Å². The fraction of sp³-hybridized carbons (Fsp3) is 0.400. The maximum atomic E-state index is 6.26. The Labute approximate surface area is 128 Å². The highest BCUT2D eigenvalue weighted by Gasteiger charge is 2.19. The van der Waals surface area contributed by atoms with E-state index in [0.717, 1.165) is 48.4 Å². The lowest BCUT2D eigenvalue weighted by Gasteiger charge is -2.36. The summed E-state index contributed by atoms with van der Waals surface area (Å²) in [5.74, 6) is 0. The number of nitrogens with zero attached hydrogens (tertiary/aromatic N) is 3. The number of aryl methyl sites for hydroxylation is 1. The van der Waals surface area contributed by atoms with Crippen molar-refractivity contribution in [1.29, 1.82) is 0 Å². The van der Waals surface area contributed by atoms with E-state index in [-0.39, 0.29) is 0 Å². The molecule has 1 saturated heterocycles. The molecule has 1 aliphatic heterocycles. The van der Waals surface area contributed by atoms with E-state index in [1.54, 1.807) is 11.3 Å². The van der Waals surface area contributed by atoms with Crippen molar-refractivity contribution >= 4 is 28.6 Å². The molecule has 0 radical (unpaired) electrons. The van der Waals surface area contributed by atoms with E-state index in [0.29, 0.717) is 0 Å². The maximum Gasteiger partial charge on any atom is 0.0897 e. The molecule has 1 aromatic carbocycles. The van der Waals surface area contributed by atoms with Crippen LogP contribution in [0.25, 0.3) is 0 Å². The van der Waals surface area contributed by atoms with Crippen molar-refractivity contribution in [3.63, 3.8) is 0 Å². The van der Waals surface area contributed by atoms with Gasteiger partial charge in [0.05, 0.1) is 21.4 Å². The number of anilines is 1. The standard InChI is InChI=1S/C15H18ClN3S/c1-12-17-13(11-20-12)10-18-6-8-19(9-7-18)15-5-3-2-4-14(15)16/h2-5,11H,6-10H2,1H3. The number of aromatic nitrogens is 1. The molecule has 5 heteroatoms. The van der Waals surface area contributed by atoms with Gasteiger partial charge in [0, 0.05) is 38.1 Å². The number of halogens is 1. The molecule has 2 heterocycles. The van der Waals surface area contributed by atoms with Gasteiger partial charge in [0.25, 0.3) is 0 Å². The average Bonchev–Trinajstić information content (AvgIpc) is 2.86. The molecule has 2 aromatic rings. The van der Waals surface area contributed by atoms with Crippen LogP contribution in [0.4, 0.5) is 5.69 Å². The van der Waals surface area contributed by atoms with E-state index in [1.807, 2.05) is 18.2 Å². The van der Waals surface area contributed by atoms with Gasteiger partial charge in [0.2, 0.25) is 0 Å². The van der Waals surface area contributed by atoms with Gasteiger partial charge in [-0.2, -0.15) is 0 Å². The predicted octanol–water partition coefficient (Wildman–Crippen LogP) is 3.43. The third-order valence-electron chi connectivity index (χ3n) is 3.62. The van der Waals surface area contributed by atoms with E-state index in [4.69, 9.17) is 11.6 Å². The average molecular weight is 308 g/mol. The summed E-state index contributed by atoms with van der Waals surface area (Å²) in [6.07, 6.45) is 0. The molecule has 1 aromatic heterocycles. The molecule has 3 rings (SSSR count). The van der Waals surface area contributed by atoms with Crippen molar-refractivity contribution in [1.82, 2.24) is 9.88 Å². The van der Waals surface area contributed by atoms with E-state index in [1.165, 1.54) is 5.69 Å². The van der Waals surface area contributed by atoms with Gasteiger partial charge >= 0.3 is 0 Å². The molecule has 0 bridgehead atoms. The first-order valence-corrected chi connectivity index (χ1v) is 8.11. The third kappa shape index (κ3) is 3.14. The van der Waals surface area contributed by atoms with Crippen molar-refractivity contribution in [2.24, 2.45) is 0 Å². The van der Waals surface area contributed by atoms with E-state index in [2.05, 4.69) is 33.2 Å². The lowest BCUT2D eigenvalue weighted by molar-refractivity contribution is 0.247. The van der Waals surface area contributed by atoms with Crippen LogP contribution in [0.3, 0.4) is 0 Å². The normalized spacial score (nSPS) is 16.6. The summed E-state index contributed by atoms with van der Waals surface area (Å²) in [6, 6.07) is 8.08. The molecular formula is C15H18ClN3S. The largest absolute Gasteiger partial charge is 0.368 e. The molecule has 106 valence electrons. The highest BCUT2D eigenvalue weighted by Crippen LogP contribution is 2.26. The lowest BCUT2D eigenvalue weighted by atomic mass is 10.2. The predicted molar refractivity (Wildman–Crippen MR) is 85.8 cm³/mol. The van der Waals surface area contributed by atoms with Gasteiger partial charge < -0.3 is 4.90 Å². The van der Waals surface area contributed by atoms with Crippen molar-refractivity contribution in [3.05, 3.63) is 45.4 Å². The Bertz CT molecular complexity index is 576. The van der Waals surface area contributed by atoms with Gasteiger partial charge in [-0.05, 0) is 19.1 Å². The van der Waals surface area contributed by atoms with Gasteiger partial charge in [-0.25, -0.2) is 4.98 Å². The first-order valence-electron chi connectivity index (χ1n) is 6.85. The van der Waals surface area contributed by atoms with Gasteiger partial charge in [-0.1, -0.05) is 23.7 Å². The number of para-hydroxylation sites is 1.